The standard InChI is InChI=1S/C18H20F2N6O/c1-12-23-15-8-13(19)14(20)9-16(15)26(12)11-18(27)25-6-4-24(5-7-25)10-17-21-2-3-22-17/h2-3,8-9H,4-7,10-11H2,1H3,(H,21,22). The number of piperazine rings is 1. The van der Waals surface area contributed by atoms with Crippen molar-refractivity contribution in [2.45, 2.75) is 20.0 Å². The number of fused-ring (bicyclic) bond motifs is 1. The topological polar surface area (TPSA) is 70.1 Å². The molecule has 3 heterocycles. The number of benzene rings is 1. The van der Waals surface area contributed by atoms with E-state index in [0.29, 0.717) is 29.9 Å². The quantitative estimate of drug-likeness (QED) is 0.755. The van der Waals surface area contributed by atoms with E-state index < -0.39 is 11.6 Å². The van der Waals surface area contributed by atoms with Gasteiger partial charge in [0.1, 0.15) is 18.2 Å². The molecule has 0 radical (unpaired) electrons. The van der Waals surface area contributed by atoms with Gasteiger partial charge in [-0.3, -0.25) is 9.69 Å². The number of imidazole rings is 2. The zero-order valence-electron chi connectivity index (χ0n) is 15.0. The van der Waals surface area contributed by atoms with E-state index in [9.17, 15) is 13.6 Å². The maximum absolute atomic E-state index is 13.6. The molecule has 1 amide bonds. The Labute approximate surface area is 154 Å². The summed E-state index contributed by atoms with van der Waals surface area (Å²) in [6.45, 7) is 5.27. The maximum Gasteiger partial charge on any atom is 0.242 e. The van der Waals surface area contributed by atoms with Gasteiger partial charge in [-0.25, -0.2) is 18.7 Å². The van der Waals surface area contributed by atoms with Crippen LogP contribution in [0.5, 0.6) is 0 Å². The second-order valence-electron chi connectivity index (χ2n) is 6.69. The van der Waals surface area contributed by atoms with Gasteiger partial charge in [-0.05, 0) is 6.92 Å². The van der Waals surface area contributed by atoms with E-state index in [1.54, 1.807) is 28.8 Å². The molecule has 1 aliphatic heterocycles. The highest BCUT2D eigenvalue weighted by atomic mass is 19.2. The fraction of sp³-hybridized carbons (Fsp3) is 0.389. The molecule has 0 spiro atoms. The van der Waals surface area contributed by atoms with Crippen molar-refractivity contribution in [1.29, 1.82) is 0 Å². The fourth-order valence-electron chi connectivity index (χ4n) is 3.43. The molecule has 3 aromatic rings. The molecule has 0 unspecified atom stereocenters. The van der Waals surface area contributed by atoms with Crippen LogP contribution in [-0.4, -0.2) is 61.4 Å². The number of amides is 1. The van der Waals surface area contributed by atoms with Gasteiger partial charge in [0, 0.05) is 50.7 Å². The van der Waals surface area contributed by atoms with Crippen molar-refractivity contribution in [2.24, 2.45) is 0 Å². The molecule has 1 aliphatic rings. The number of nitrogens with zero attached hydrogens (tertiary/aromatic N) is 5. The van der Waals surface area contributed by atoms with Gasteiger partial charge in [0.05, 0.1) is 17.6 Å². The Bertz CT molecular complexity index is 960. The second kappa shape index (κ2) is 7.07. The van der Waals surface area contributed by atoms with Crippen LogP contribution >= 0.6 is 0 Å². The van der Waals surface area contributed by atoms with E-state index in [2.05, 4.69) is 19.9 Å². The SMILES string of the molecule is Cc1nc2cc(F)c(F)cc2n1CC(=O)N1CCN(Cc2ncc[nH]2)CC1. The first-order valence-electron chi connectivity index (χ1n) is 8.81. The molecule has 142 valence electrons. The predicted molar refractivity (Wildman–Crippen MR) is 94.8 cm³/mol. The van der Waals surface area contributed by atoms with Crippen LogP contribution < -0.4 is 0 Å². The lowest BCUT2D eigenvalue weighted by atomic mass is 10.2. The molecule has 27 heavy (non-hydrogen) atoms. The highest BCUT2D eigenvalue weighted by Gasteiger charge is 2.23. The summed E-state index contributed by atoms with van der Waals surface area (Å²) in [7, 11) is 0. The van der Waals surface area contributed by atoms with Crippen LogP contribution in [0.1, 0.15) is 11.6 Å². The Kier molecular flexibility index (Phi) is 4.61. The lowest BCUT2D eigenvalue weighted by Gasteiger charge is -2.34. The van der Waals surface area contributed by atoms with Gasteiger partial charge in [-0.15, -0.1) is 0 Å². The summed E-state index contributed by atoms with van der Waals surface area (Å²) < 4.78 is 28.6. The second-order valence-corrected chi connectivity index (χ2v) is 6.69. The lowest BCUT2D eigenvalue weighted by molar-refractivity contribution is -0.133. The van der Waals surface area contributed by atoms with E-state index in [1.807, 2.05) is 0 Å². The Morgan fingerprint density at radius 3 is 2.63 bits per heavy atom. The molecule has 0 aliphatic carbocycles. The summed E-state index contributed by atoms with van der Waals surface area (Å²) in [6.07, 6.45) is 3.52. The number of halogens is 2. The molecule has 7 nitrogen and oxygen atoms in total. The first kappa shape index (κ1) is 17.6. The van der Waals surface area contributed by atoms with Crippen LogP contribution in [-0.2, 0) is 17.9 Å². The molecule has 4 rings (SSSR count). The van der Waals surface area contributed by atoms with Crippen molar-refractivity contribution in [3.8, 4) is 0 Å². The summed E-state index contributed by atoms with van der Waals surface area (Å²) in [6, 6.07) is 2.16. The monoisotopic (exact) mass is 374 g/mol. The number of hydrogen-bond acceptors (Lipinski definition) is 4. The maximum atomic E-state index is 13.6. The zero-order chi connectivity index (χ0) is 19.0. The third kappa shape index (κ3) is 3.55. The lowest BCUT2D eigenvalue weighted by Crippen LogP contribution is -2.49. The minimum absolute atomic E-state index is 0.0558. The third-order valence-corrected chi connectivity index (χ3v) is 4.93. The van der Waals surface area contributed by atoms with Crippen LogP contribution in [0.3, 0.4) is 0 Å². The van der Waals surface area contributed by atoms with Crippen molar-refractivity contribution in [3.63, 3.8) is 0 Å². The van der Waals surface area contributed by atoms with Crippen LogP contribution in [0, 0.1) is 18.6 Å². The average molecular weight is 374 g/mol. The van der Waals surface area contributed by atoms with Crippen LogP contribution in [0.2, 0.25) is 0 Å². The smallest absolute Gasteiger partial charge is 0.242 e. The van der Waals surface area contributed by atoms with Crippen molar-refractivity contribution in [2.75, 3.05) is 26.2 Å². The molecule has 9 heteroatoms. The van der Waals surface area contributed by atoms with Crippen molar-refractivity contribution in [3.05, 3.63) is 47.8 Å². The zero-order valence-corrected chi connectivity index (χ0v) is 15.0. The largest absolute Gasteiger partial charge is 0.348 e. The van der Waals surface area contributed by atoms with Crippen LogP contribution in [0.4, 0.5) is 8.78 Å². The molecule has 1 fully saturated rings. The van der Waals surface area contributed by atoms with E-state index in [-0.39, 0.29) is 12.5 Å². The predicted octanol–water partition coefficient (Wildman–Crippen LogP) is 1.69. The Morgan fingerprint density at radius 1 is 1.19 bits per heavy atom. The third-order valence-electron chi connectivity index (χ3n) is 4.93. The molecular formula is C18H20F2N6O. The van der Waals surface area contributed by atoms with Crippen molar-refractivity contribution >= 4 is 16.9 Å². The van der Waals surface area contributed by atoms with Gasteiger partial charge in [0.2, 0.25) is 5.91 Å². The Morgan fingerprint density at radius 2 is 1.93 bits per heavy atom. The molecule has 2 aromatic heterocycles. The van der Waals surface area contributed by atoms with Crippen LogP contribution in [0.25, 0.3) is 11.0 Å². The van der Waals surface area contributed by atoms with E-state index >= 15 is 0 Å². The molecule has 0 saturated carbocycles. The summed E-state index contributed by atoms with van der Waals surface area (Å²) in [4.78, 5) is 28.3. The van der Waals surface area contributed by atoms with Gasteiger partial charge in [-0.2, -0.15) is 0 Å². The molecule has 1 saturated heterocycles. The average Bonchev–Trinajstić information content (AvgIpc) is 3.25. The number of nitrogens with one attached hydrogen (secondary N) is 1. The minimum Gasteiger partial charge on any atom is -0.348 e. The van der Waals surface area contributed by atoms with Gasteiger partial charge < -0.3 is 14.5 Å². The van der Waals surface area contributed by atoms with Gasteiger partial charge >= 0.3 is 0 Å². The number of H-pyrrole nitrogens is 1. The minimum atomic E-state index is -0.942. The number of aryl methyl sites for hydroxylation is 1. The first-order valence-corrected chi connectivity index (χ1v) is 8.81. The van der Waals surface area contributed by atoms with Crippen LogP contribution in [0.15, 0.2) is 24.5 Å². The Balaban J connectivity index is 1.42. The number of aromatic amines is 1. The first-order chi connectivity index (χ1) is 13.0. The summed E-state index contributed by atoms with van der Waals surface area (Å²) in [5.74, 6) is -0.474. The van der Waals surface area contributed by atoms with Crippen molar-refractivity contribution in [1.82, 2.24) is 29.3 Å². The Hall–Kier alpha value is -2.81. The number of carbonyl (C=O) groups excluding carboxylic acids is 1. The fourth-order valence-corrected chi connectivity index (χ4v) is 3.43. The highest BCUT2D eigenvalue weighted by molar-refractivity contribution is 5.81. The summed E-state index contributed by atoms with van der Waals surface area (Å²) in [5, 5.41) is 0. The number of aromatic nitrogens is 4. The van der Waals surface area contributed by atoms with Crippen molar-refractivity contribution < 1.29 is 13.6 Å². The molecule has 0 atom stereocenters. The normalized spacial score (nSPS) is 15.6. The molecule has 0 bridgehead atoms. The van der Waals surface area contributed by atoms with E-state index in [4.69, 9.17) is 0 Å². The molecule has 1 N–H and O–H groups in total. The number of rotatable bonds is 4. The van der Waals surface area contributed by atoms with E-state index in [1.165, 1.54) is 0 Å². The molecular weight excluding hydrogens is 354 g/mol. The van der Waals surface area contributed by atoms with E-state index in [0.717, 1.165) is 37.6 Å². The summed E-state index contributed by atoms with van der Waals surface area (Å²) >= 11 is 0. The number of hydrogen-bond donors (Lipinski definition) is 1. The van der Waals surface area contributed by atoms with Gasteiger partial charge in [0.15, 0.2) is 11.6 Å². The summed E-state index contributed by atoms with van der Waals surface area (Å²) in [5.41, 5.74) is 0.777. The van der Waals surface area contributed by atoms with Gasteiger partial charge in [0.25, 0.3) is 0 Å². The number of carbonyl (C=O) groups is 1. The highest BCUT2D eigenvalue weighted by Crippen LogP contribution is 2.20. The molecule has 1 aromatic carbocycles. The van der Waals surface area contributed by atoms with Gasteiger partial charge in [-0.1, -0.05) is 0 Å².